The van der Waals surface area contributed by atoms with Crippen LogP contribution in [0.1, 0.15) is 30.0 Å². The molecule has 3 aromatic rings. The average Bonchev–Trinajstić information content (AvgIpc) is 2.75. The molecule has 3 aromatic carbocycles. The second-order valence-electron chi connectivity index (χ2n) is 7.59. The van der Waals surface area contributed by atoms with Crippen molar-refractivity contribution in [3.05, 3.63) is 94.5 Å². The Kier molecular flexibility index (Phi) is 6.50. The van der Waals surface area contributed by atoms with Crippen molar-refractivity contribution >= 4 is 21.9 Å². The number of nitrogens with zero attached hydrogens (tertiary/aromatic N) is 1. The molecule has 0 aliphatic carbocycles. The molecule has 154 valence electrons. The zero-order valence-electron chi connectivity index (χ0n) is 16.6. The van der Waals surface area contributed by atoms with E-state index in [9.17, 15) is 9.90 Å². The number of carbonyl (C=O) groups is 1. The van der Waals surface area contributed by atoms with Gasteiger partial charge in [0.2, 0.25) is 0 Å². The molecular weight excluding hydrogens is 442 g/mol. The minimum absolute atomic E-state index is 0.0385. The summed E-state index contributed by atoms with van der Waals surface area (Å²) < 4.78 is 7.09. The van der Waals surface area contributed by atoms with Crippen LogP contribution in [-0.2, 0) is 4.79 Å². The predicted molar refractivity (Wildman–Crippen MR) is 121 cm³/mol. The summed E-state index contributed by atoms with van der Waals surface area (Å²) in [6.07, 6.45) is 1.33. The molecule has 0 spiro atoms. The average molecular weight is 466 g/mol. The van der Waals surface area contributed by atoms with E-state index in [0.29, 0.717) is 12.8 Å². The lowest BCUT2D eigenvalue weighted by atomic mass is 9.91. The maximum absolute atomic E-state index is 11.4. The number of hydrogen-bond donors (Lipinski definition) is 1. The third kappa shape index (κ3) is 4.91. The van der Waals surface area contributed by atoms with Crippen LogP contribution >= 0.6 is 15.9 Å². The molecule has 1 saturated heterocycles. The van der Waals surface area contributed by atoms with Crippen LogP contribution in [-0.4, -0.2) is 29.1 Å². The Balaban J connectivity index is 1.64. The zero-order chi connectivity index (χ0) is 20.9. The van der Waals surface area contributed by atoms with Crippen molar-refractivity contribution in [2.45, 2.75) is 18.9 Å². The predicted octanol–water partition coefficient (Wildman–Crippen LogP) is 6.13. The second kappa shape index (κ2) is 9.45. The highest BCUT2D eigenvalue weighted by Gasteiger charge is 2.30. The standard InChI is InChI=1S/C25H24BrNO3/c26-21-8-4-6-19(16-21)24(27-14-12-18(13-15-27)25(28)29)20-7-5-11-23(17-20)30-22-9-2-1-3-10-22/h1-11,16-18,24H,12-15H2,(H,28,29). The van der Waals surface area contributed by atoms with Crippen molar-refractivity contribution in [1.29, 1.82) is 0 Å². The van der Waals surface area contributed by atoms with Gasteiger partial charge in [0.1, 0.15) is 11.5 Å². The van der Waals surface area contributed by atoms with Gasteiger partial charge in [-0.25, -0.2) is 0 Å². The number of ether oxygens (including phenoxy) is 1. The van der Waals surface area contributed by atoms with Crippen LogP contribution in [0.4, 0.5) is 0 Å². The fraction of sp³-hybridized carbons (Fsp3) is 0.240. The lowest BCUT2D eigenvalue weighted by Gasteiger charge is -2.37. The number of likely N-dealkylation sites (tertiary alicyclic amines) is 1. The second-order valence-corrected chi connectivity index (χ2v) is 8.51. The Morgan fingerprint density at radius 3 is 2.20 bits per heavy atom. The number of halogens is 1. The Morgan fingerprint density at radius 1 is 0.900 bits per heavy atom. The Morgan fingerprint density at radius 2 is 1.53 bits per heavy atom. The van der Waals surface area contributed by atoms with E-state index in [1.165, 1.54) is 5.56 Å². The van der Waals surface area contributed by atoms with E-state index in [-0.39, 0.29) is 12.0 Å². The largest absolute Gasteiger partial charge is 0.481 e. The van der Waals surface area contributed by atoms with Gasteiger partial charge in [0.25, 0.3) is 0 Å². The molecule has 5 heteroatoms. The van der Waals surface area contributed by atoms with Crippen LogP contribution in [0, 0.1) is 5.92 Å². The monoisotopic (exact) mass is 465 g/mol. The van der Waals surface area contributed by atoms with Crippen LogP contribution in [0.2, 0.25) is 0 Å². The van der Waals surface area contributed by atoms with Gasteiger partial charge in [-0.2, -0.15) is 0 Å². The Hall–Kier alpha value is -2.63. The number of carboxylic acids is 1. The van der Waals surface area contributed by atoms with Crippen molar-refractivity contribution < 1.29 is 14.6 Å². The van der Waals surface area contributed by atoms with E-state index >= 15 is 0 Å². The van der Waals surface area contributed by atoms with Crippen LogP contribution < -0.4 is 4.74 Å². The third-order valence-electron chi connectivity index (χ3n) is 5.56. The highest BCUT2D eigenvalue weighted by molar-refractivity contribution is 9.10. The van der Waals surface area contributed by atoms with Crippen LogP contribution in [0.5, 0.6) is 11.5 Å². The molecule has 4 nitrogen and oxygen atoms in total. The van der Waals surface area contributed by atoms with E-state index in [2.05, 4.69) is 45.1 Å². The molecule has 1 aliphatic rings. The summed E-state index contributed by atoms with van der Waals surface area (Å²) in [4.78, 5) is 13.8. The Bertz CT molecular complexity index is 1000. The van der Waals surface area contributed by atoms with Gasteiger partial charge in [-0.1, -0.05) is 58.4 Å². The normalized spacial score (nSPS) is 16.2. The highest BCUT2D eigenvalue weighted by Crippen LogP contribution is 2.35. The molecule has 0 radical (unpaired) electrons. The minimum Gasteiger partial charge on any atom is -0.481 e. The molecule has 1 aliphatic heterocycles. The molecule has 1 fully saturated rings. The van der Waals surface area contributed by atoms with E-state index in [1.54, 1.807) is 0 Å². The highest BCUT2D eigenvalue weighted by atomic mass is 79.9. The topological polar surface area (TPSA) is 49.8 Å². The summed E-state index contributed by atoms with van der Waals surface area (Å²) >= 11 is 3.59. The van der Waals surface area contributed by atoms with Crippen molar-refractivity contribution in [3.63, 3.8) is 0 Å². The number of hydrogen-bond acceptors (Lipinski definition) is 3. The summed E-state index contributed by atoms with van der Waals surface area (Å²) in [6, 6.07) is 26.3. The number of benzene rings is 3. The number of rotatable bonds is 6. The molecule has 0 amide bonds. The van der Waals surface area contributed by atoms with Gasteiger partial charge in [-0.15, -0.1) is 0 Å². The van der Waals surface area contributed by atoms with Crippen molar-refractivity contribution in [1.82, 2.24) is 4.90 Å². The summed E-state index contributed by atoms with van der Waals surface area (Å²) in [7, 11) is 0. The van der Waals surface area contributed by atoms with Gasteiger partial charge in [0, 0.05) is 4.47 Å². The molecule has 0 aromatic heterocycles. The molecule has 0 saturated carbocycles. The van der Waals surface area contributed by atoms with Gasteiger partial charge in [0.05, 0.1) is 12.0 Å². The first kappa shape index (κ1) is 20.6. The van der Waals surface area contributed by atoms with Crippen molar-refractivity contribution in [2.24, 2.45) is 5.92 Å². The number of aliphatic carboxylic acids is 1. The SMILES string of the molecule is O=C(O)C1CCN(C(c2cccc(Br)c2)c2cccc(Oc3ccccc3)c2)CC1. The third-order valence-corrected chi connectivity index (χ3v) is 6.05. The molecular formula is C25H24BrNO3. The van der Waals surface area contributed by atoms with E-state index in [0.717, 1.165) is 34.6 Å². The van der Waals surface area contributed by atoms with Crippen LogP contribution in [0.15, 0.2) is 83.3 Å². The molecule has 4 rings (SSSR count). The quantitative estimate of drug-likeness (QED) is 0.475. The first-order valence-electron chi connectivity index (χ1n) is 10.2. The fourth-order valence-corrected chi connectivity index (χ4v) is 4.49. The van der Waals surface area contributed by atoms with Crippen LogP contribution in [0.3, 0.4) is 0 Å². The van der Waals surface area contributed by atoms with E-state index in [1.807, 2.05) is 54.6 Å². The van der Waals surface area contributed by atoms with Crippen LogP contribution in [0.25, 0.3) is 0 Å². The molecule has 1 N–H and O–H groups in total. The van der Waals surface area contributed by atoms with Gasteiger partial charge in [-0.3, -0.25) is 9.69 Å². The fourth-order valence-electron chi connectivity index (χ4n) is 4.07. The lowest BCUT2D eigenvalue weighted by molar-refractivity contribution is -0.143. The van der Waals surface area contributed by atoms with E-state index < -0.39 is 5.97 Å². The van der Waals surface area contributed by atoms with Gasteiger partial charge < -0.3 is 9.84 Å². The maximum Gasteiger partial charge on any atom is 0.306 e. The molecule has 1 atom stereocenters. The van der Waals surface area contributed by atoms with Crippen molar-refractivity contribution in [3.8, 4) is 11.5 Å². The van der Waals surface area contributed by atoms with Gasteiger partial charge in [0.15, 0.2) is 0 Å². The summed E-state index contributed by atoms with van der Waals surface area (Å²) in [5.41, 5.74) is 2.31. The number of piperidine rings is 1. The number of para-hydroxylation sites is 1. The van der Waals surface area contributed by atoms with E-state index in [4.69, 9.17) is 4.74 Å². The molecule has 1 unspecified atom stereocenters. The summed E-state index contributed by atoms with van der Waals surface area (Å²) in [6.45, 7) is 1.50. The van der Waals surface area contributed by atoms with Gasteiger partial charge >= 0.3 is 5.97 Å². The first-order valence-corrected chi connectivity index (χ1v) is 10.9. The zero-order valence-corrected chi connectivity index (χ0v) is 18.2. The van der Waals surface area contributed by atoms with Gasteiger partial charge in [-0.05, 0) is 73.5 Å². The molecule has 0 bridgehead atoms. The molecule has 30 heavy (non-hydrogen) atoms. The molecule has 1 heterocycles. The minimum atomic E-state index is -0.688. The van der Waals surface area contributed by atoms with Crippen molar-refractivity contribution in [2.75, 3.05) is 13.1 Å². The Labute approximate surface area is 185 Å². The maximum atomic E-state index is 11.4. The number of carboxylic acid groups (broad SMARTS) is 1. The lowest BCUT2D eigenvalue weighted by Crippen LogP contribution is -2.39. The first-order chi connectivity index (χ1) is 14.6. The summed E-state index contributed by atoms with van der Waals surface area (Å²) in [5.74, 6) is 0.652. The smallest absolute Gasteiger partial charge is 0.306 e. The summed E-state index contributed by atoms with van der Waals surface area (Å²) in [5, 5.41) is 9.37.